The van der Waals surface area contributed by atoms with Crippen LogP contribution in [0.5, 0.6) is 0 Å². The predicted molar refractivity (Wildman–Crippen MR) is 38.9 cm³/mol. The maximum absolute atomic E-state index is 9.03. The second-order valence-electron chi connectivity index (χ2n) is 2.99. The lowest BCUT2D eigenvalue weighted by Gasteiger charge is -2.23. The molecule has 0 radical (unpaired) electrons. The molecule has 1 aliphatic heterocycles. The van der Waals surface area contributed by atoms with Gasteiger partial charge in [0.25, 0.3) is 0 Å². The monoisotopic (exact) mass is 145 g/mol. The first kappa shape index (κ1) is 7.98. The van der Waals surface area contributed by atoms with Gasteiger partial charge in [-0.25, -0.2) is 0 Å². The summed E-state index contributed by atoms with van der Waals surface area (Å²) >= 11 is 0. The SMILES string of the molecule is CNCC1(CO)CCOC1. The summed E-state index contributed by atoms with van der Waals surface area (Å²) in [5.41, 5.74) is 0.00868. The fraction of sp³-hybridized carbons (Fsp3) is 1.00. The molecule has 1 fully saturated rings. The summed E-state index contributed by atoms with van der Waals surface area (Å²) in [6.45, 7) is 2.57. The molecule has 0 spiro atoms. The maximum Gasteiger partial charge on any atom is 0.0557 e. The van der Waals surface area contributed by atoms with E-state index in [4.69, 9.17) is 9.84 Å². The molecule has 0 amide bonds. The van der Waals surface area contributed by atoms with Crippen LogP contribution in [-0.4, -0.2) is 38.5 Å². The Labute approximate surface area is 61.4 Å². The molecule has 0 bridgehead atoms. The first-order valence-corrected chi connectivity index (χ1v) is 3.66. The highest BCUT2D eigenvalue weighted by Gasteiger charge is 2.33. The topological polar surface area (TPSA) is 41.5 Å². The summed E-state index contributed by atoms with van der Waals surface area (Å²) in [6, 6.07) is 0. The molecule has 2 N–H and O–H groups in total. The van der Waals surface area contributed by atoms with Gasteiger partial charge in [0.15, 0.2) is 0 Å². The number of hydrogen-bond acceptors (Lipinski definition) is 3. The summed E-state index contributed by atoms with van der Waals surface area (Å²) < 4.78 is 5.20. The van der Waals surface area contributed by atoms with E-state index in [0.29, 0.717) is 6.61 Å². The van der Waals surface area contributed by atoms with Crippen LogP contribution in [0.3, 0.4) is 0 Å². The summed E-state index contributed by atoms with van der Waals surface area (Å²) in [7, 11) is 1.90. The van der Waals surface area contributed by atoms with Crippen molar-refractivity contribution in [2.45, 2.75) is 6.42 Å². The van der Waals surface area contributed by atoms with Gasteiger partial charge in [0.2, 0.25) is 0 Å². The minimum absolute atomic E-state index is 0.00868. The van der Waals surface area contributed by atoms with Crippen molar-refractivity contribution in [1.29, 1.82) is 0 Å². The van der Waals surface area contributed by atoms with E-state index in [1.807, 2.05) is 7.05 Å². The third kappa shape index (κ3) is 1.48. The summed E-state index contributed by atoms with van der Waals surface area (Å²) in [5, 5.41) is 12.1. The molecule has 60 valence electrons. The van der Waals surface area contributed by atoms with Crippen LogP contribution >= 0.6 is 0 Å². The van der Waals surface area contributed by atoms with Crippen LogP contribution in [0, 0.1) is 5.41 Å². The first-order chi connectivity index (χ1) is 4.83. The fourth-order valence-corrected chi connectivity index (χ4v) is 1.34. The highest BCUT2D eigenvalue weighted by Crippen LogP contribution is 2.26. The molecule has 0 aromatic rings. The van der Waals surface area contributed by atoms with Crippen molar-refractivity contribution in [2.24, 2.45) is 5.41 Å². The van der Waals surface area contributed by atoms with Crippen LogP contribution in [-0.2, 0) is 4.74 Å². The van der Waals surface area contributed by atoms with Gasteiger partial charge in [-0.1, -0.05) is 0 Å². The molecule has 1 unspecified atom stereocenters. The standard InChI is InChI=1S/C7H15NO2/c1-8-4-7(5-9)2-3-10-6-7/h8-9H,2-6H2,1H3. The Morgan fingerprint density at radius 2 is 2.50 bits per heavy atom. The van der Waals surface area contributed by atoms with E-state index in [-0.39, 0.29) is 12.0 Å². The molecule has 1 aliphatic rings. The Balaban J connectivity index is 2.41. The lowest BCUT2D eigenvalue weighted by Crippen LogP contribution is -2.36. The zero-order chi connectivity index (χ0) is 7.45. The molecule has 1 saturated heterocycles. The number of aliphatic hydroxyl groups excluding tert-OH is 1. The molecule has 0 aliphatic carbocycles. The number of rotatable bonds is 3. The second-order valence-corrected chi connectivity index (χ2v) is 2.99. The molecule has 1 heterocycles. The van der Waals surface area contributed by atoms with E-state index < -0.39 is 0 Å². The largest absolute Gasteiger partial charge is 0.396 e. The Morgan fingerprint density at radius 1 is 1.70 bits per heavy atom. The molecule has 1 rings (SSSR count). The second kappa shape index (κ2) is 3.32. The molecular formula is C7H15NO2. The molecule has 10 heavy (non-hydrogen) atoms. The first-order valence-electron chi connectivity index (χ1n) is 3.66. The number of aliphatic hydroxyl groups is 1. The van der Waals surface area contributed by atoms with Crippen LogP contribution in [0.4, 0.5) is 0 Å². The van der Waals surface area contributed by atoms with Crippen molar-refractivity contribution in [3.8, 4) is 0 Å². The molecule has 3 heteroatoms. The Bertz CT molecular complexity index is 99.8. The van der Waals surface area contributed by atoms with Crippen LogP contribution < -0.4 is 5.32 Å². The molecular weight excluding hydrogens is 130 g/mol. The summed E-state index contributed by atoms with van der Waals surface area (Å²) in [5.74, 6) is 0. The van der Waals surface area contributed by atoms with Gasteiger partial charge in [0.05, 0.1) is 13.2 Å². The van der Waals surface area contributed by atoms with E-state index in [1.165, 1.54) is 0 Å². The van der Waals surface area contributed by atoms with Crippen LogP contribution in [0.15, 0.2) is 0 Å². The molecule has 0 aromatic heterocycles. The summed E-state index contributed by atoms with van der Waals surface area (Å²) in [6.07, 6.45) is 0.977. The van der Waals surface area contributed by atoms with Gasteiger partial charge >= 0.3 is 0 Å². The van der Waals surface area contributed by atoms with Crippen molar-refractivity contribution < 1.29 is 9.84 Å². The number of hydrogen-bond donors (Lipinski definition) is 2. The summed E-state index contributed by atoms with van der Waals surface area (Å²) in [4.78, 5) is 0. The predicted octanol–water partition coefficient (Wildman–Crippen LogP) is -0.395. The third-order valence-electron chi connectivity index (χ3n) is 2.07. The van der Waals surface area contributed by atoms with E-state index in [0.717, 1.165) is 19.6 Å². The maximum atomic E-state index is 9.03. The van der Waals surface area contributed by atoms with Crippen molar-refractivity contribution in [2.75, 3.05) is 33.4 Å². The Hall–Kier alpha value is -0.120. The molecule has 0 saturated carbocycles. The van der Waals surface area contributed by atoms with Crippen molar-refractivity contribution >= 4 is 0 Å². The highest BCUT2D eigenvalue weighted by atomic mass is 16.5. The molecule has 0 aromatic carbocycles. The lowest BCUT2D eigenvalue weighted by molar-refractivity contribution is 0.0942. The molecule has 1 atom stereocenters. The van der Waals surface area contributed by atoms with E-state index >= 15 is 0 Å². The quantitative estimate of drug-likeness (QED) is 0.568. The average molecular weight is 145 g/mol. The minimum atomic E-state index is 0.00868. The Kier molecular flexibility index (Phi) is 2.65. The van der Waals surface area contributed by atoms with E-state index in [2.05, 4.69) is 5.32 Å². The van der Waals surface area contributed by atoms with Gasteiger partial charge in [0.1, 0.15) is 0 Å². The lowest BCUT2D eigenvalue weighted by atomic mass is 9.88. The highest BCUT2D eigenvalue weighted by molar-refractivity contribution is 4.83. The number of nitrogens with one attached hydrogen (secondary N) is 1. The zero-order valence-electron chi connectivity index (χ0n) is 6.39. The number of ether oxygens (including phenoxy) is 1. The van der Waals surface area contributed by atoms with Crippen LogP contribution in [0.2, 0.25) is 0 Å². The molecule has 3 nitrogen and oxygen atoms in total. The van der Waals surface area contributed by atoms with Crippen molar-refractivity contribution in [1.82, 2.24) is 5.32 Å². The fourth-order valence-electron chi connectivity index (χ4n) is 1.34. The smallest absolute Gasteiger partial charge is 0.0557 e. The van der Waals surface area contributed by atoms with Gasteiger partial charge in [-0.05, 0) is 13.5 Å². The van der Waals surface area contributed by atoms with E-state index in [9.17, 15) is 0 Å². The third-order valence-corrected chi connectivity index (χ3v) is 2.07. The van der Waals surface area contributed by atoms with E-state index in [1.54, 1.807) is 0 Å². The van der Waals surface area contributed by atoms with Crippen molar-refractivity contribution in [3.63, 3.8) is 0 Å². The van der Waals surface area contributed by atoms with Gasteiger partial charge < -0.3 is 15.2 Å². The minimum Gasteiger partial charge on any atom is -0.396 e. The zero-order valence-corrected chi connectivity index (χ0v) is 6.39. The van der Waals surface area contributed by atoms with Gasteiger partial charge in [-0.2, -0.15) is 0 Å². The Morgan fingerprint density at radius 3 is 2.90 bits per heavy atom. The van der Waals surface area contributed by atoms with Gasteiger partial charge in [0, 0.05) is 18.6 Å². The van der Waals surface area contributed by atoms with Crippen molar-refractivity contribution in [3.05, 3.63) is 0 Å². The normalized spacial score (nSPS) is 33.0. The van der Waals surface area contributed by atoms with Crippen LogP contribution in [0.1, 0.15) is 6.42 Å². The van der Waals surface area contributed by atoms with Gasteiger partial charge in [-0.3, -0.25) is 0 Å². The van der Waals surface area contributed by atoms with Gasteiger partial charge in [-0.15, -0.1) is 0 Å². The van der Waals surface area contributed by atoms with Crippen LogP contribution in [0.25, 0.3) is 0 Å². The average Bonchev–Trinajstić information content (AvgIpc) is 2.39.